The molecule has 3 N–H and O–H groups in total. The Bertz CT molecular complexity index is 1430. The van der Waals surface area contributed by atoms with Gasteiger partial charge in [-0.2, -0.15) is 5.10 Å². The lowest BCUT2D eigenvalue weighted by Crippen LogP contribution is -2.16. The lowest BCUT2D eigenvalue weighted by atomic mass is 9.88. The van der Waals surface area contributed by atoms with Crippen LogP contribution in [0.4, 0.5) is 5.69 Å². The van der Waals surface area contributed by atoms with Gasteiger partial charge in [-0.3, -0.25) is 14.6 Å². The predicted octanol–water partition coefficient (Wildman–Crippen LogP) is 4.76. The van der Waals surface area contributed by atoms with Gasteiger partial charge >= 0.3 is 0 Å². The number of nitrogens with two attached hydrogens (primary N) is 1. The van der Waals surface area contributed by atoms with Gasteiger partial charge in [-0.25, -0.2) is 4.68 Å². The van der Waals surface area contributed by atoms with Crippen molar-refractivity contribution in [2.24, 2.45) is 5.73 Å². The van der Waals surface area contributed by atoms with E-state index in [-0.39, 0.29) is 16.6 Å². The summed E-state index contributed by atoms with van der Waals surface area (Å²) >= 11 is 7.78. The van der Waals surface area contributed by atoms with Crippen LogP contribution in [0.1, 0.15) is 32.0 Å². The summed E-state index contributed by atoms with van der Waals surface area (Å²) in [6.45, 7) is 0. The molecule has 7 nitrogen and oxygen atoms in total. The Kier molecular flexibility index (Phi) is 5.85. The third-order valence-corrected chi connectivity index (χ3v) is 6.86. The molecule has 2 amide bonds. The van der Waals surface area contributed by atoms with Crippen LogP contribution < -0.4 is 11.1 Å². The van der Waals surface area contributed by atoms with Crippen molar-refractivity contribution in [3.8, 4) is 16.9 Å². The molecular formula is C25H20ClN5O2S. The standard InChI is InChI=1S/C25H20ClN5O2S/c1-34-17-7-5-16(6-8-17)31-23-19(22(30-31)24(27)32)9-3-14-2-4-15(12-20(14)23)29-25(33)18-10-11-28-13-21(18)26/h2,4-8,10-13H,3,9H2,1H3,(H2,27,32)(H,29,33). The van der Waals surface area contributed by atoms with E-state index in [1.165, 1.54) is 12.4 Å². The zero-order valence-electron chi connectivity index (χ0n) is 18.2. The van der Waals surface area contributed by atoms with Crippen molar-refractivity contribution in [3.05, 3.63) is 88.3 Å². The first-order valence-electron chi connectivity index (χ1n) is 10.6. The average Bonchev–Trinajstić information content (AvgIpc) is 3.25. The lowest BCUT2D eigenvalue weighted by Gasteiger charge is -2.20. The molecule has 5 rings (SSSR count). The fraction of sp³-hybridized carbons (Fsp3) is 0.120. The van der Waals surface area contributed by atoms with Crippen molar-refractivity contribution in [1.82, 2.24) is 14.8 Å². The summed E-state index contributed by atoms with van der Waals surface area (Å²) < 4.78 is 1.77. The Morgan fingerprint density at radius 2 is 1.91 bits per heavy atom. The molecule has 9 heteroatoms. The molecule has 2 aromatic heterocycles. The van der Waals surface area contributed by atoms with Crippen molar-refractivity contribution in [2.45, 2.75) is 17.7 Å². The Labute approximate surface area is 205 Å². The van der Waals surface area contributed by atoms with Crippen molar-refractivity contribution < 1.29 is 9.59 Å². The van der Waals surface area contributed by atoms with Gasteiger partial charge < -0.3 is 11.1 Å². The van der Waals surface area contributed by atoms with Crippen molar-refractivity contribution in [3.63, 3.8) is 0 Å². The number of hydrogen-bond acceptors (Lipinski definition) is 5. The van der Waals surface area contributed by atoms with Gasteiger partial charge in [-0.15, -0.1) is 11.8 Å². The fourth-order valence-corrected chi connectivity index (χ4v) is 4.80. The van der Waals surface area contributed by atoms with Crippen LogP contribution in [0.15, 0.2) is 65.8 Å². The maximum absolute atomic E-state index is 12.8. The van der Waals surface area contributed by atoms with E-state index in [1.54, 1.807) is 22.5 Å². The van der Waals surface area contributed by atoms with Gasteiger partial charge in [0, 0.05) is 34.1 Å². The Morgan fingerprint density at radius 1 is 1.12 bits per heavy atom. The van der Waals surface area contributed by atoms with Gasteiger partial charge in [-0.05, 0) is 67.1 Å². The zero-order valence-corrected chi connectivity index (χ0v) is 19.8. The van der Waals surface area contributed by atoms with E-state index in [0.29, 0.717) is 17.7 Å². The highest BCUT2D eigenvalue weighted by Crippen LogP contribution is 2.38. The van der Waals surface area contributed by atoms with E-state index >= 15 is 0 Å². The topological polar surface area (TPSA) is 103 Å². The van der Waals surface area contributed by atoms with Gasteiger partial charge in [0.2, 0.25) is 0 Å². The number of amides is 2. The Hall–Kier alpha value is -3.62. The van der Waals surface area contributed by atoms with Gasteiger partial charge in [0.25, 0.3) is 11.8 Å². The van der Waals surface area contributed by atoms with E-state index < -0.39 is 5.91 Å². The van der Waals surface area contributed by atoms with E-state index in [1.807, 2.05) is 48.7 Å². The van der Waals surface area contributed by atoms with E-state index in [2.05, 4.69) is 15.4 Å². The summed E-state index contributed by atoms with van der Waals surface area (Å²) in [6.07, 6.45) is 6.36. The predicted molar refractivity (Wildman–Crippen MR) is 134 cm³/mol. The van der Waals surface area contributed by atoms with Gasteiger partial charge in [0.05, 0.1) is 22.0 Å². The number of rotatable bonds is 5. The largest absolute Gasteiger partial charge is 0.364 e. The number of fused-ring (bicyclic) bond motifs is 3. The molecule has 4 aromatic rings. The number of aryl methyl sites for hydroxylation is 1. The highest BCUT2D eigenvalue weighted by molar-refractivity contribution is 7.98. The van der Waals surface area contributed by atoms with Crippen LogP contribution in [0.5, 0.6) is 0 Å². The molecular weight excluding hydrogens is 470 g/mol. The number of pyridine rings is 1. The SMILES string of the molecule is CSc1ccc(-n2nc(C(N)=O)c3c2-c2cc(NC(=O)c4ccncc4Cl)ccc2CC3)cc1. The summed E-state index contributed by atoms with van der Waals surface area (Å²) in [5, 5.41) is 7.77. The minimum Gasteiger partial charge on any atom is -0.364 e. The molecule has 0 unspecified atom stereocenters. The van der Waals surface area contributed by atoms with Gasteiger partial charge in [-0.1, -0.05) is 17.7 Å². The highest BCUT2D eigenvalue weighted by atomic mass is 35.5. The van der Waals surface area contributed by atoms with Crippen LogP contribution >= 0.6 is 23.4 Å². The number of halogens is 1. The molecule has 34 heavy (non-hydrogen) atoms. The molecule has 0 atom stereocenters. The first-order chi connectivity index (χ1) is 16.5. The molecule has 0 radical (unpaired) electrons. The molecule has 170 valence electrons. The number of nitrogens with zero attached hydrogens (tertiary/aromatic N) is 3. The number of thioether (sulfide) groups is 1. The van der Waals surface area contributed by atoms with Crippen molar-refractivity contribution in [1.29, 1.82) is 0 Å². The molecule has 1 aliphatic carbocycles. The van der Waals surface area contributed by atoms with Crippen molar-refractivity contribution >= 4 is 40.9 Å². The second-order valence-electron chi connectivity index (χ2n) is 7.83. The van der Waals surface area contributed by atoms with Crippen molar-refractivity contribution in [2.75, 3.05) is 11.6 Å². The molecule has 0 spiro atoms. The molecule has 0 aliphatic heterocycles. The van der Waals surface area contributed by atoms with Crippen LogP contribution in [-0.2, 0) is 12.8 Å². The van der Waals surface area contributed by atoms with Crippen LogP contribution in [-0.4, -0.2) is 32.8 Å². The van der Waals surface area contributed by atoms with Crippen LogP contribution in [0.3, 0.4) is 0 Å². The summed E-state index contributed by atoms with van der Waals surface area (Å²) in [6, 6.07) is 15.3. The molecule has 1 aliphatic rings. The smallest absolute Gasteiger partial charge is 0.269 e. The lowest BCUT2D eigenvalue weighted by molar-refractivity contribution is 0.0992. The third-order valence-electron chi connectivity index (χ3n) is 5.82. The van der Waals surface area contributed by atoms with E-state index in [4.69, 9.17) is 17.3 Å². The summed E-state index contributed by atoms with van der Waals surface area (Å²) in [5.74, 6) is -0.890. The second kappa shape index (κ2) is 8.96. The number of anilines is 1. The minimum atomic E-state index is -0.559. The number of hydrogen-bond donors (Lipinski definition) is 2. The molecule has 0 fully saturated rings. The van der Waals surface area contributed by atoms with Crippen LogP contribution in [0, 0.1) is 0 Å². The molecule has 2 aromatic carbocycles. The zero-order chi connectivity index (χ0) is 23.8. The first kappa shape index (κ1) is 22.2. The summed E-state index contributed by atoms with van der Waals surface area (Å²) in [4.78, 5) is 30.0. The van der Waals surface area contributed by atoms with Gasteiger partial charge in [0.1, 0.15) is 0 Å². The number of aromatic nitrogens is 3. The third kappa shape index (κ3) is 3.95. The maximum atomic E-state index is 12.8. The second-order valence-corrected chi connectivity index (χ2v) is 9.12. The number of benzene rings is 2. The summed E-state index contributed by atoms with van der Waals surface area (Å²) in [7, 11) is 0. The quantitative estimate of drug-likeness (QED) is 0.393. The highest BCUT2D eigenvalue weighted by Gasteiger charge is 2.28. The van der Waals surface area contributed by atoms with Crippen LogP contribution in [0.25, 0.3) is 16.9 Å². The van der Waals surface area contributed by atoms with Crippen LogP contribution in [0.2, 0.25) is 5.02 Å². The number of nitrogens with one attached hydrogen (secondary N) is 1. The Morgan fingerprint density at radius 3 is 2.62 bits per heavy atom. The molecule has 0 saturated heterocycles. The number of primary amides is 1. The molecule has 0 bridgehead atoms. The number of carbonyl (C=O) groups excluding carboxylic acids is 2. The maximum Gasteiger partial charge on any atom is 0.269 e. The summed E-state index contributed by atoms with van der Waals surface area (Å²) in [5.41, 5.74) is 11.3. The van der Waals surface area contributed by atoms with Gasteiger partial charge in [0.15, 0.2) is 5.69 Å². The van der Waals surface area contributed by atoms with E-state index in [0.717, 1.165) is 39.4 Å². The minimum absolute atomic E-state index is 0.271. The first-order valence-corrected chi connectivity index (χ1v) is 12.2. The molecule has 0 saturated carbocycles. The normalized spacial score (nSPS) is 12.1. The molecule has 2 heterocycles. The monoisotopic (exact) mass is 489 g/mol. The van der Waals surface area contributed by atoms with E-state index in [9.17, 15) is 9.59 Å². The fourth-order valence-electron chi connectivity index (χ4n) is 4.18. The average molecular weight is 490 g/mol. The Balaban J connectivity index is 1.60. The number of carbonyl (C=O) groups is 2.